The third kappa shape index (κ3) is 5.40. The van der Waals surface area contributed by atoms with Gasteiger partial charge in [0.05, 0.1) is 23.4 Å². The molecule has 0 aliphatic carbocycles. The van der Waals surface area contributed by atoms with Gasteiger partial charge < -0.3 is 5.32 Å². The highest BCUT2D eigenvalue weighted by Gasteiger charge is 2.19. The molecule has 1 N–H and O–H groups in total. The predicted molar refractivity (Wildman–Crippen MR) is 126 cm³/mol. The van der Waals surface area contributed by atoms with Crippen LogP contribution >= 0.6 is 11.3 Å². The van der Waals surface area contributed by atoms with Crippen LogP contribution < -0.4 is 9.62 Å². The minimum atomic E-state index is -3.47. The van der Waals surface area contributed by atoms with E-state index in [-0.39, 0.29) is 18.5 Å². The normalized spacial score (nSPS) is 12.7. The third-order valence-corrected chi connectivity index (χ3v) is 7.21. The summed E-state index contributed by atoms with van der Waals surface area (Å²) < 4.78 is 27.4. The highest BCUT2D eigenvalue weighted by molar-refractivity contribution is 7.92. The lowest BCUT2D eigenvalue weighted by Crippen LogP contribution is -2.31. The van der Waals surface area contributed by atoms with Crippen LogP contribution in [0.1, 0.15) is 47.5 Å². The maximum absolute atomic E-state index is 12.5. The Kier molecular flexibility index (Phi) is 6.83. The molecule has 0 bridgehead atoms. The largest absolute Gasteiger partial charge is 0.349 e. The second-order valence-corrected chi connectivity index (χ2v) is 10.7. The van der Waals surface area contributed by atoms with Crippen LogP contribution in [-0.2, 0) is 16.6 Å². The maximum Gasteiger partial charge on any atom is 0.261 e. The van der Waals surface area contributed by atoms with Gasteiger partial charge in [-0.1, -0.05) is 43.2 Å². The van der Waals surface area contributed by atoms with Crippen molar-refractivity contribution in [3.8, 4) is 0 Å². The van der Waals surface area contributed by atoms with E-state index in [1.54, 1.807) is 6.07 Å². The Hall–Kier alpha value is -2.38. The molecule has 0 aliphatic heterocycles. The SMILES string of the molecule is CCC[C@H](C)NC(=O)c1cc2cc(N(Cc3ccc(C)cc3)S(C)(=O)=O)ccc2s1. The molecule has 2 aromatic carbocycles. The van der Waals surface area contributed by atoms with Crippen LogP contribution in [0.3, 0.4) is 0 Å². The van der Waals surface area contributed by atoms with Gasteiger partial charge in [0.1, 0.15) is 0 Å². The second-order valence-electron chi connectivity index (χ2n) is 7.75. The van der Waals surface area contributed by atoms with E-state index in [0.29, 0.717) is 10.6 Å². The molecule has 0 fully saturated rings. The quantitative estimate of drug-likeness (QED) is 0.526. The molecule has 1 heterocycles. The number of carbonyl (C=O) groups excluding carboxylic acids is 1. The highest BCUT2D eigenvalue weighted by Crippen LogP contribution is 2.31. The number of hydrogen-bond donors (Lipinski definition) is 1. The average molecular weight is 445 g/mol. The van der Waals surface area contributed by atoms with Crippen molar-refractivity contribution < 1.29 is 13.2 Å². The van der Waals surface area contributed by atoms with E-state index >= 15 is 0 Å². The van der Waals surface area contributed by atoms with Gasteiger partial charge in [-0.3, -0.25) is 9.10 Å². The predicted octanol–water partition coefficient (Wildman–Crippen LogP) is 5.09. The topological polar surface area (TPSA) is 66.5 Å². The summed E-state index contributed by atoms with van der Waals surface area (Å²) in [5.41, 5.74) is 2.64. The van der Waals surface area contributed by atoms with E-state index in [2.05, 4.69) is 12.2 Å². The summed E-state index contributed by atoms with van der Waals surface area (Å²) in [6.45, 7) is 6.35. The molecule has 1 amide bonds. The standard InChI is InChI=1S/C23H28N2O3S2/c1-5-6-17(3)24-23(26)22-14-19-13-20(11-12-21(19)29-22)25(30(4,27)28)15-18-9-7-16(2)8-10-18/h7-14,17H,5-6,15H2,1-4H3,(H,24,26)/t17-/m0/s1. The van der Waals surface area contributed by atoms with Crippen molar-refractivity contribution in [3.63, 3.8) is 0 Å². The van der Waals surface area contributed by atoms with Crippen molar-refractivity contribution in [1.82, 2.24) is 5.32 Å². The first kappa shape index (κ1) is 22.3. The zero-order valence-corrected chi connectivity index (χ0v) is 19.4. The van der Waals surface area contributed by atoms with Gasteiger partial charge in [0, 0.05) is 10.7 Å². The lowest BCUT2D eigenvalue weighted by atomic mass is 10.1. The minimum absolute atomic E-state index is 0.0849. The van der Waals surface area contributed by atoms with Gasteiger partial charge in [-0.25, -0.2) is 8.42 Å². The number of amides is 1. The van der Waals surface area contributed by atoms with Crippen molar-refractivity contribution >= 4 is 43.0 Å². The third-order valence-electron chi connectivity index (χ3n) is 4.96. The van der Waals surface area contributed by atoms with Crippen molar-refractivity contribution in [2.24, 2.45) is 0 Å². The molecule has 0 spiro atoms. The van der Waals surface area contributed by atoms with Crippen LogP contribution in [0.15, 0.2) is 48.5 Å². The van der Waals surface area contributed by atoms with Crippen molar-refractivity contribution in [2.75, 3.05) is 10.6 Å². The smallest absolute Gasteiger partial charge is 0.261 e. The summed E-state index contributed by atoms with van der Waals surface area (Å²) in [5.74, 6) is -0.0849. The number of sulfonamides is 1. The highest BCUT2D eigenvalue weighted by atomic mass is 32.2. The number of fused-ring (bicyclic) bond motifs is 1. The number of nitrogens with one attached hydrogen (secondary N) is 1. The lowest BCUT2D eigenvalue weighted by molar-refractivity contribution is 0.0942. The molecule has 30 heavy (non-hydrogen) atoms. The van der Waals surface area contributed by atoms with Crippen molar-refractivity contribution in [3.05, 3.63) is 64.5 Å². The Bertz CT molecular complexity index is 1130. The Morgan fingerprint density at radius 1 is 1.13 bits per heavy atom. The van der Waals surface area contributed by atoms with E-state index < -0.39 is 10.0 Å². The van der Waals surface area contributed by atoms with Gasteiger partial charge in [0.25, 0.3) is 5.91 Å². The molecule has 0 saturated heterocycles. The number of hydrogen-bond acceptors (Lipinski definition) is 4. The van der Waals surface area contributed by atoms with Crippen molar-refractivity contribution in [2.45, 2.75) is 46.2 Å². The van der Waals surface area contributed by atoms with Gasteiger partial charge in [0.15, 0.2) is 0 Å². The van der Waals surface area contributed by atoms with Gasteiger partial charge in [-0.15, -0.1) is 11.3 Å². The summed E-state index contributed by atoms with van der Waals surface area (Å²) in [6, 6.07) is 15.3. The first-order valence-corrected chi connectivity index (χ1v) is 12.7. The molecule has 160 valence electrons. The number of benzene rings is 2. The summed E-state index contributed by atoms with van der Waals surface area (Å²) in [7, 11) is -3.47. The number of aryl methyl sites for hydroxylation is 1. The second kappa shape index (κ2) is 9.18. The van der Waals surface area contributed by atoms with Gasteiger partial charge in [0.2, 0.25) is 10.0 Å². The fraction of sp³-hybridized carbons (Fsp3) is 0.348. The molecule has 1 atom stereocenters. The Labute approximate surface area is 182 Å². The molecular weight excluding hydrogens is 416 g/mol. The Morgan fingerprint density at radius 2 is 1.83 bits per heavy atom. The fourth-order valence-electron chi connectivity index (χ4n) is 3.36. The number of thiophene rings is 1. The van der Waals surface area contributed by atoms with Gasteiger partial charge >= 0.3 is 0 Å². The Balaban J connectivity index is 1.89. The number of rotatable bonds is 8. The molecular formula is C23H28N2O3S2. The molecule has 0 radical (unpaired) electrons. The van der Waals surface area contributed by atoms with Crippen LogP contribution in [0.25, 0.3) is 10.1 Å². The van der Waals surface area contributed by atoms with E-state index in [1.807, 2.05) is 56.3 Å². The van der Waals surface area contributed by atoms with Crippen LogP contribution in [0.5, 0.6) is 0 Å². The van der Waals surface area contributed by atoms with Gasteiger partial charge in [-0.2, -0.15) is 0 Å². The van der Waals surface area contributed by atoms with E-state index in [9.17, 15) is 13.2 Å². The summed E-state index contributed by atoms with van der Waals surface area (Å²) in [5, 5.41) is 3.89. The molecule has 7 heteroatoms. The molecule has 0 aliphatic rings. The summed E-state index contributed by atoms with van der Waals surface area (Å²) in [6.07, 6.45) is 3.16. The molecule has 0 unspecified atom stereocenters. The minimum Gasteiger partial charge on any atom is -0.349 e. The van der Waals surface area contributed by atoms with E-state index in [4.69, 9.17) is 0 Å². The zero-order valence-electron chi connectivity index (χ0n) is 17.8. The maximum atomic E-state index is 12.5. The van der Waals surface area contributed by atoms with E-state index in [0.717, 1.165) is 34.1 Å². The first-order valence-electron chi connectivity index (χ1n) is 10.0. The number of anilines is 1. The fourth-order valence-corrected chi connectivity index (χ4v) is 5.18. The Morgan fingerprint density at radius 3 is 2.47 bits per heavy atom. The zero-order chi connectivity index (χ0) is 21.9. The monoisotopic (exact) mass is 444 g/mol. The summed E-state index contributed by atoms with van der Waals surface area (Å²) >= 11 is 1.42. The molecule has 0 saturated carbocycles. The summed E-state index contributed by atoms with van der Waals surface area (Å²) in [4.78, 5) is 13.2. The molecule has 5 nitrogen and oxygen atoms in total. The first-order chi connectivity index (χ1) is 14.2. The van der Waals surface area contributed by atoms with E-state index in [1.165, 1.54) is 21.9 Å². The van der Waals surface area contributed by atoms with Crippen LogP contribution in [0, 0.1) is 6.92 Å². The number of carbonyl (C=O) groups is 1. The molecule has 3 rings (SSSR count). The van der Waals surface area contributed by atoms with Gasteiger partial charge in [-0.05, 0) is 55.5 Å². The lowest BCUT2D eigenvalue weighted by Gasteiger charge is -2.22. The van der Waals surface area contributed by atoms with Crippen molar-refractivity contribution in [1.29, 1.82) is 0 Å². The van der Waals surface area contributed by atoms with Crippen LogP contribution in [0.4, 0.5) is 5.69 Å². The van der Waals surface area contributed by atoms with Crippen LogP contribution in [0.2, 0.25) is 0 Å². The molecule has 3 aromatic rings. The van der Waals surface area contributed by atoms with Crippen LogP contribution in [-0.4, -0.2) is 26.6 Å². The average Bonchev–Trinajstić information content (AvgIpc) is 3.10. The number of nitrogens with zero attached hydrogens (tertiary/aromatic N) is 1. The molecule has 1 aromatic heterocycles.